The molecule has 0 aliphatic heterocycles. The fourth-order valence-corrected chi connectivity index (χ4v) is 1.21. The monoisotopic (exact) mass is 211 g/mol. The molecular formula is C8H9N3O2S. The molecule has 6 heteroatoms. The largest absolute Gasteiger partial charge is 0.510 e. The molecule has 74 valence electrons. The Balaban J connectivity index is 2.86. The van der Waals surface area contributed by atoms with Crippen LogP contribution < -0.4 is 0 Å². The predicted molar refractivity (Wildman–Crippen MR) is 52.6 cm³/mol. The van der Waals surface area contributed by atoms with Crippen LogP contribution in [0.4, 0.5) is 5.13 Å². The van der Waals surface area contributed by atoms with Crippen molar-refractivity contribution in [3.63, 3.8) is 0 Å². The van der Waals surface area contributed by atoms with Crippen molar-refractivity contribution >= 4 is 22.3 Å². The number of allylic oxidation sites excluding steroid dienone is 2. The first-order valence-electron chi connectivity index (χ1n) is 3.83. The molecule has 1 heterocycles. The minimum atomic E-state index is -0.328. The number of carbonyl (C=O) groups excluding carboxylic acids is 1. The van der Waals surface area contributed by atoms with Crippen LogP contribution in [0.15, 0.2) is 33.3 Å². The van der Waals surface area contributed by atoms with Gasteiger partial charge in [0.1, 0.15) is 5.76 Å². The Bertz CT molecular complexity index is 377. The van der Waals surface area contributed by atoms with E-state index < -0.39 is 0 Å². The summed E-state index contributed by atoms with van der Waals surface area (Å²) in [7, 11) is 0. The highest BCUT2D eigenvalue weighted by Gasteiger charge is 2.06. The van der Waals surface area contributed by atoms with E-state index in [1.165, 1.54) is 25.2 Å². The Morgan fingerprint density at radius 3 is 2.71 bits per heavy atom. The lowest BCUT2D eigenvalue weighted by Gasteiger charge is -1.94. The van der Waals surface area contributed by atoms with Crippen LogP contribution >= 0.6 is 11.3 Å². The molecule has 0 bridgehead atoms. The molecule has 5 nitrogen and oxygen atoms in total. The first-order chi connectivity index (χ1) is 6.61. The number of azo groups is 1. The van der Waals surface area contributed by atoms with E-state index in [1.807, 2.05) is 0 Å². The van der Waals surface area contributed by atoms with Crippen LogP contribution in [0.2, 0.25) is 0 Å². The molecule has 1 aromatic rings. The predicted octanol–water partition coefficient (Wildman–Crippen LogP) is 2.61. The molecule has 1 aromatic heterocycles. The lowest BCUT2D eigenvalue weighted by molar-refractivity contribution is -0.113. The van der Waals surface area contributed by atoms with Gasteiger partial charge in [-0.3, -0.25) is 4.79 Å². The zero-order valence-electron chi connectivity index (χ0n) is 7.76. The summed E-state index contributed by atoms with van der Waals surface area (Å²) in [5.74, 6) is -0.469. The second-order valence-corrected chi connectivity index (χ2v) is 3.38. The average Bonchev–Trinajstić information content (AvgIpc) is 2.55. The Kier molecular flexibility index (Phi) is 3.47. The van der Waals surface area contributed by atoms with Crippen molar-refractivity contribution in [2.75, 3.05) is 0 Å². The molecule has 0 aromatic carbocycles. The van der Waals surface area contributed by atoms with Gasteiger partial charge in [-0.1, -0.05) is 0 Å². The molecule has 0 saturated heterocycles. The lowest BCUT2D eigenvalue weighted by atomic mass is 10.3. The number of Topliss-reactive ketones (excluding diaryl/α,β-unsaturated/α-hetero) is 1. The average molecular weight is 211 g/mol. The third kappa shape index (κ3) is 2.74. The van der Waals surface area contributed by atoms with Crippen molar-refractivity contribution < 1.29 is 9.90 Å². The minimum absolute atomic E-state index is 0.0415. The molecule has 14 heavy (non-hydrogen) atoms. The molecular weight excluding hydrogens is 202 g/mol. The summed E-state index contributed by atoms with van der Waals surface area (Å²) < 4.78 is 0. The highest BCUT2D eigenvalue weighted by Crippen LogP contribution is 2.17. The van der Waals surface area contributed by atoms with E-state index in [1.54, 1.807) is 11.6 Å². The van der Waals surface area contributed by atoms with Gasteiger partial charge in [-0.05, 0) is 6.92 Å². The number of aliphatic hydroxyl groups excluding tert-OH is 1. The van der Waals surface area contributed by atoms with Gasteiger partial charge in [0.2, 0.25) is 5.13 Å². The van der Waals surface area contributed by atoms with Crippen LogP contribution in [-0.2, 0) is 4.79 Å². The van der Waals surface area contributed by atoms with Crippen molar-refractivity contribution in [1.29, 1.82) is 0 Å². The Hall–Kier alpha value is -1.56. The summed E-state index contributed by atoms with van der Waals surface area (Å²) in [5, 5.41) is 18.6. The van der Waals surface area contributed by atoms with Crippen LogP contribution in [0, 0.1) is 0 Å². The molecule has 1 rings (SSSR count). The number of thiazole rings is 1. The maximum Gasteiger partial charge on any atom is 0.229 e. The summed E-state index contributed by atoms with van der Waals surface area (Å²) in [5.41, 5.74) is -0.0415. The number of hydrogen-bond acceptors (Lipinski definition) is 6. The zero-order chi connectivity index (χ0) is 10.6. The molecule has 0 atom stereocenters. The van der Waals surface area contributed by atoms with Gasteiger partial charge in [-0.25, -0.2) is 4.98 Å². The Morgan fingerprint density at radius 1 is 1.57 bits per heavy atom. The molecule has 0 amide bonds. The molecule has 1 N–H and O–H groups in total. The third-order valence-electron chi connectivity index (χ3n) is 1.33. The van der Waals surface area contributed by atoms with Crippen LogP contribution in [0.3, 0.4) is 0 Å². The van der Waals surface area contributed by atoms with E-state index >= 15 is 0 Å². The summed E-state index contributed by atoms with van der Waals surface area (Å²) in [6, 6.07) is 0. The number of carbonyl (C=O) groups is 1. The summed E-state index contributed by atoms with van der Waals surface area (Å²) in [6.07, 6.45) is 1.59. The SMILES string of the molecule is CC(=O)C(N=Nc1nccs1)=C(C)O. The molecule has 0 aliphatic carbocycles. The van der Waals surface area contributed by atoms with E-state index in [2.05, 4.69) is 15.2 Å². The van der Waals surface area contributed by atoms with Gasteiger partial charge < -0.3 is 5.11 Å². The van der Waals surface area contributed by atoms with Gasteiger partial charge in [0.25, 0.3) is 0 Å². The number of hydrogen-bond donors (Lipinski definition) is 1. The first-order valence-corrected chi connectivity index (χ1v) is 4.71. The molecule has 0 radical (unpaired) electrons. The molecule has 0 fully saturated rings. The number of ketones is 1. The van der Waals surface area contributed by atoms with Crippen molar-refractivity contribution in [3.8, 4) is 0 Å². The van der Waals surface area contributed by atoms with Crippen molar-refractivity contribution in [2.45, 2.75) is 13.8 Å². The van der Waals surface area contributed by atoms with Crippen molar-refractivity contribution in [2.24, 2.45) is 10.2 Å². The van der Waals surface area contributed by atoms with E-state index in [0.717, 1.165) is 0 Å². The van der Waals surface area contributed by atoms with Gasteiger partial charge in [-0.15, -0.1) is 21.6 Å². The van der Waals surface area contributed by atoms with Crippen LogP contribution in [0.25, 0.3) is 0 Å². The Morgan fingerprint density at radius 2 is 2.29 bits per heavy atom. The molecule has 0 spiro atoms. The molecule has 0 unspecified atom stereocenters. The second kappa shape index (κ2) is 4.61. The fraction of sp³-hybridized carbons (Fsp3) is 0.250. The molecule has 0 aliphatic rings. The number of nitrogens with zero attached hydrogens (tertiary/aromatic N) is 3. The number of aromatic nitrogens is 1. The number of rotatable bonds is 3. The van der Waals surface area contributed by atoms with Crippen molar-refractivity contribution in [3.05, 3.63) is 23.0 Å². The van der Waals surface area contributed by atoms with Crippen LogP contribution in [0.1, 0.15) is 13.8 Å². The summed E-state index contributed by atoms with van der Waals surface area (Å²) >= 11 is 1.30. The van der Waals surface area contributed by atoms with E-state index in [-0.39, 0.29) is 17.2 Å². The Labute approximate surface area is 84.8 Å². The maximum absolute atomic E-state index is 11.0. The second-order valence-electron chi connectivity index (χ2n) is 2.50. The lowest BCUT2D eigenvalue weighted by Crippen LogP contribution is -1.96. The highest BCUT2D eigenvalue weighted by molar-refractivity contribution is 7.13. The van der Waals surface area contributed by atoms with Gasteiger partial charge >= 0.3 is 0 Å². The third-order valence-corrected chi connectivity index (χ3v) is 1.99. The standard InChI is InChI=1S/C8H9N3O2S/c1-5(12)7(6(2)13)10-11-8-9-3-4-14-8/h3-4,12H,1-2H3. The van der Waals surface area contributed by atoms with Gasteiger partial charge in [-0.2, -0.15) is 0 Å². The topological polar surface area (TPSA) is 74.9 Å². The van der Waals surface area contributed by atoms with E-state index in [4.69, 9.17) is 5.11 Å². The fourth-order valence-electron chi connectivity index (χ4n) is 0.756. The number of aliphatic hydroxyl groups is 1. The van der Waals surface area contributed by atoms with Crippen molar-refractivity contribution in [1.82, 2.24) is 4.98 Å². The van der Waals surface area contributed by atoms with E-state index in [9.17, 15) is 4.79 Å². The summed E-state index contributed by atoms with van der Waals surface area (Å²) in [6.45, 7) is 2.70. The molecule has 0 saturated carbocycles. The first kappa shape index (κ1) is 10.5. The van der Waals surface area contributed by atoms with Gasteiger partial charge in [0.15, 0.2) is 11.5 Å². The van der Waals surface area contributed by atoms with Crippen LogP contribution in [0.5, 0.6) is 0 Å². The van der Waals surface area contributed by atoms with Gasteiger partial charge in [0.05, 0.1) is 0 Å². The van der Waals surface area contributed by atoms with Crippen LogP contribution in [-0.4, -0.2) is 15.9 Å². The smallest absolute Gasteiger partial charge is 0.229 e. The minimum Gasteiger partial charge on any atom is -0.510 e. The zero-order valence-corrected chi connectivity index (χ0v) is 8.58. The van der Waals surface area contributed by atoms with E-state index in [0.29, 0.717) is 5.13 Å². The summed E-state index contributed by atoms with van der Waals surface area (Å²) in [4.78, 5) is 14.8. The highest BCUT2D eigenvalue weighted by atomic mass is 32.1. The normalized spacial score (nSPS) is 13.0. The maximum atomic E-state index is 11.0. The quantitative estimate of drug-likeness (QED) is 0.474. The van der Waals surface area contributed by atoms with Gasteiger partial charge in [0, 0.05) is 18.5 Å².